The molecule has 0 amide bonds. The summed E-state index contributed by atoms with van der Waals surface area (Å²) in [6.07, 6.45) is 14.5. The molecule has 0 spiro atoms. The molecule has 0 radical (unpaired) electrons. The van der Waals surface area contributed by atoms with E-state index in [-0.39, 0.29) is 0 Å². The van der Waals surface area contributed by atoms with Gasteiger partial charge in [-0.2, -0.15) is 0 Å². The molecule has 0 unspecified atom stereocenters. The number of rotatable bonds is 8. The first-order chi connectivity index (χ1) is 39.1. The lowest BCUT2D eigenvalue weighted by molar-refractivity contribution is 0.961. The average Bonchev–Trinajstić information content (AvgIpc) is 3.64. The quantitative estimate of drug-likeness (QED) is 0.140. The normalized spacial score (nSPS) is 13.1. The van der Waals surface area contributed by atoms with Gasteiger partial charge in [0.1, 0.15) is 0 Å². The molecule has 16 rings (SSSR count). The molecule has 2 heteroatoms. The van der Waals surface area contributed by atoms with E-state index < -0.39 is 0 Å². The van der Waals surface area contributed by atoms with Gasteiger partial charge in [0.15, 0.2) is 0 Å². The van der Waals surface area contributed by atoms with Crippen LogP contribution in [0.1, 0.15) is 46.2 Å². The van der Waals surface area contributed by atoms with E-state index >= 15 is 0 Å². The third kappa shape index (κ3) is 7.62. The van der Waals surface area contributed by atoms with Gasteiger partial charge in [-0.05, 0) is 214 Å². The Bertz CT molecular complexity index is 4820. The van der Waals surface area contributed by atoms with Crippen molar-refractivity contribution in [2.45, 2.75) is 32.1 Å². The first kappa shape index (κ1) is 45.4. The minimum absolute atomic E-state index is 0.820. The topological polar surface area (TPSA) is 6.48 Å². The average molecular weight is 1010 g/mol. The molecule has 2 nitrogen and oxygen atoms in total. The van der Waals surface area contributed by atoms with Crippen LogP contribution in [0.2, 0.25) is 0 Å². The largest absolute Gasteiger partial charge is 0.310 e. The maximum atomic E-state index is 2.56. The highest BCUT2D eigenvalue weighted by molar-refractivity contribution is 6.23. The molecule has 14 aromatic carbocycles. The van der Waals surface area contributed by atoms with Crippen LogP contribution in [0.4, 0.5) is 34.1 Å². The van der Waals surface area contributed by atoms with Crippen molar-refractivity contribution in [2.75, 3.05) is 9.80 Å². The zero-order valence-electron chi connectivity index (χ0n) is 43.8. The van der Waals surface area contributed by atoms with E-state index in [1.54, 1.807) is 0 Å². The molecule has 79 heavy (non-hydrogen) atoms. The van der Waals surface area contributed by atoms with Crippen LogP contribution in [0.5, 0.6) is 0 Å². The first-order valence-corrected chi connectivity index (χ1v) is 28.0. The van der Waals surface area contributed by atoms with Gasteiger partial charge in [-0.3, -0.25) is 0 Å². The Hall–Kier alpha value is -9.76. The zero-order chi connectivity index (χ0) is 52.0. The van der Waals surface area contributed by atoms with Crippen LogP contribution in [0, 0.1) is 0 Å². The predicted octanol–water partition coefficient (Wildman–Crippen LogP) is 21.4. The predicted molar refractivity (Wildman–Crippen MR) is 340 cm³/mol. The molecule has 14 aromatic rings. The number of fused-ring (bicyclic) bond motifs is 14. The molecule has 0 bridgehead atoms. The molecule has 0 saturated carbocycles. The molecule has 0 aliphatic heterocycles. The Kier molecular flexibility index (Phi) is 10.6. The highest BCUT2D eigenvalue weighted by Gasteiger charge is 2.25. The van der Waals surface area contributed by atoms with Gasteiger partial charge in [0, 0.05) is 33.5 Å². The zero-order valence-corrected chi connectivity index (χ0v) is 43.8. The summed E-state index contributed by atoms with van der Waals surface area (Å²) in [4.78, 5) is 5.00. The Morgan fingerprint density at radius 1 is 0.291 bits per heavy atom. The number of hydrogen-bond donors (Lipinski definition) is 0. The fraction of sp³-hybridized carbons (Fsp3) is 0.0649. The molecule has 0 atom stereocenters. The Labute approximate surface area is 460 Å². The summed E-state index contributed by atoms with van der Waals surface area (Å²) in [5, 5.41) is 20.1. The van der Waals surface area contributed by atoms with Crippen LogP contribution < -0.4 is 9.80 Å². The van der Waals surface area contributed by atoms with Crippen LogP contribution in [0.3, 0.4) is 0 Å². The lowest BCUT2D eigenvalue weighted by Crippen LogP contribution is -2.12. The number of aryl methyl sites for hydroxylation is 1. The number of nitrogens with zero attached hydrogens (tertiary/aromatic N) is 2. The standard InChI is InChI=1S/C77H54N2/c1-5-21-54-42-60(37-33-50(54)17-1)78(61-38-34-51-18-2-6-22-55(51)43-61)76-48-74-66-27-11-9-25-64(66)58(46-72(74)68-29-13-15-31-70(68)76)41-59-47-73-69-30-14-16-32-71(69)77(49-75(73)67-28-12-10-26-65(59)67)79(62-39-35-52-19-3-7-23-56(52)44-62)63-40-36-53-20-4-8-24-57(53)45-63/h1-3,5-9,11-19,21-25,27-40,42-49H,4,10,20,26,41H2. The van der Waals surface area contributed by atoms with Crippen molar-refractivity contribution in [3.63, 3.8) is 0 Å². The molecule has 0 aromatic heterocycles. The van der Waals surface area contributed by atoms with Crippen LogP contribution in [0.25, 0.3) is 98.3 Å². The molecule has 2 aliphatic rings. The van der Waals surface area contributed by atoms with Crippen molar-refractivity contribution in [2.24, 2.45) is 0 Å². The van der Waals surface area contributed by atoms with Crippen molar-refractivity contribution in [1.82, 2.24) is 0 Å². The molecular weight excluding hydrogens is 953 g/mol. The van der Waals surface area contributed by atoms with Crippen molar-refractivity contribution in [3.05, 3.63) is 288 Å². The monoisotopic (exact) mass is 1010 g/mol. The summed E-state index contributed by atoms with van der Waals surface area (Å²) in [7, 11) is 0. The van der Waals surface area contributed by atoms with Crippen molar-refractivity contribution in [3.8, 4) is 0 Å². The first-order valence-electron chi connectivity index (χ1n) is 28.0. The van der Waals surface area contributed by atoms with Crippen molar-refractivity contribution >= 4 is 132 Å². The van der Waals surface area contributed by atoms with E-state index in [9.17, 15) is 0 Å². The highest BCUT2D eigenvalue weighted by atomic mass is 15.1. The van der Waals surface area contributed by atoms with Gasteiger partial charge in [0.05, 0.1) is 11.4 Å². The van der Waals surface area contributed by atoms with E-state index in [1.165, 1.54) is 131 Å². The lowest BCUT2D eigenvalue weighted by Gasteiger charge is -2.30. The maximum Gasteiger partial charge on any atom is 0.0546 e. The molecule has 2 aliphatic carbocycles. The Morgan fingerprint density at radius 3 is 1.29 bits per heavy atom. The molecule has 0 fully saturated rings. The Morgan fingerprint density at radius 2 is 0.709 bits per heavy atom. The summed E-state index contributed by atoms with van der Waals surface area (Å²) in [6.45, 7) is 0. The summed E-state index contributed by atoms with van der Waals surface area (Å²) < 4.78 is 0. The van der Waals surface area contributed by atoms with Gasteiger partial charge < -0.3 is 9.80 Å². The minimum Gasteiger partial charge on any atom is -0.310 e. The summed E-state index contributed by atoms with van der Waals surface area (Å²) in [6, 6.07) is 91.4. The molecule has 0 saturated heterocycles. The van der Waals surface area contributed by atoms with Crippen LogP contribution in [-0.4, -0.2) is 0 Å². The number of benzene rings is 14. The van der Waals surface area contributed by atoms with Gasteiger partial charge in [-0.15, -0.1) is 0 Å². The second kappa shape index (κ2) is 18.5. The fourth-order valence-corrected chi connectivity index (χ4v) is 13.5. The third-order valence-corrected chi connectivity index (χ3v) is 17.3. The van der Waals surface area contributed by atoms with Crippen LogP contribution >= 0.6 is 0 Å². The number of hydrogen-bond acceptors (Lipinski definition) is 2. The van der Waals surface area contributed by atoms with Gasteiger partial charge in [0.25, 0.3) is 0 Å². The second-order valence-electron chi connectivity index (χ2n) is 21.8. The Balaban J connectivity index is 0.888. The third-order valence-electron chi connectivity index (χ3n) is 17.3. The maximum absolute atomic E-state index is 2.56. The number of anilines is 6. The van der Waals surface area contributed by atoms with E-state index in [0.717, 1.165) is 54.9 Å². The number of allylic oxidation sites excluding steroid dienone is 2. The molecule has 0 heterocycles. The van der Waals surface area contributed by atoms with E-state index in [0.29, 0.717) is 0 Å². The van der Waals surface area contributed by atoms with Gasteiger partial charge in [-0.25, -0.2) is 0 Å². The van der Waals surface area contributed by atoms with Gasteiger partial charge in [-0.1, -0.05) is 194 Å². The lowest BCUT2D eigenvalue weighted by atomic mass is 9.83. The van der Waals surface area contributed by atoms with Crippen molar-refractivity contribution < 1.29 is 0 Å². The van der Waals surface area contributed by atoms with E-state index in [1.807, 2.05) is 0 Å². The summed E-state index contributed by atoms with van der Waals surface area (Å²) in [5.74, 6) is 0. The van der Waals surface area contributed by atoms with E-state index in [2.05, 4.69) is 277 Å². The van der Waals surface area contributed by atoms with E-state index in [4.69, 9.17) is 0 Å². The van der Waals surface area contributed by atoms with Crippen LogP contribution in [0.15, 0.2) is 255 Å². The van der Waals surface area contributed by atoms with Gasteiger partial charge >= 0.3 is 0 Å². The second-order valence-corrected chi connectivity index (χ2v) is 21.8. The molecule has 372 valence electrons. The fourth-order valence-electron chi connectivity index (χ4n) is 13.5. The highest BCUT2D eigenvalue weighted by Crippen LogP contribution is 2.49. The van der Waals surface area contributed by atoms with Crippen molar-refractivity contribution in [1.29, 1.82) is 0 Å². The van der Waals surface area contributed by atoms with Crippen LogP contribution in [-0.2, 0) is 19.3 Å². The summed E-state index contributed by atoms with van der Waals surface area (Å²) >= 11 is 0. The minimum atomic E-state index is 0.820. The smallest absolute Gasteiger partial charge is 0.0546 e. The SMILES string of the molecule is C1=Cc2cc(N(c3ccc4ccccc4c3)c3cc4c5c(c(Cc6cc7c8ccccc8c(N(c8ccc9ccccc9c8)c8ccc9ccccc9c8)cc7c7ccccc67)cc4c4ccccc34)CCC=C5)ccc2CC1. The van der Waals surface area contributed by atoms with Gasteiger partial charge in [0.2, 0.25) is 0 Å². The molecule has 0 N–H and O–H groups in total. The molecular formula is C77H54N2. The summed E-state index contributed by atoms with van der Waals surface area (Å²) in [5.41, 5.74) is 15.2.